The zero-order chi connectivity index (χ0) is 18.2. The summed E-state index contributed by atoms with van der Waals surface area (Å²) in [6.45, 7) is 0. The highest BCUT2D eigenvalue weighted by Gasteiger charge is 2.33. The number of nitro benzene ring substituents is 1. The molecule has 0 bridgehead atoms. The quantitative estimate of drug-likeness (QED) is 0.644. The van der Waals surface area contributed by atoms with E-state index in [-0.39, 0.29) is 22.8 Å². The summed E-state index contributed by atoms with van der Waals surface area (Å²) in [7, 11) is -2.44. The van der Waals surface area contributed by atoms with Gasteiger partial charge in [0.2, 0.25) is 10.0 Å². The predicted octanol–water partition coefficient (Wildman–Crippen LogP) is 2.21. The second-order valence-electron chi connectivity index (χ2n) is 5.51. The minimum absolute atomic E-state index is 0.00864. The van der Waals surface area contributed by atoms with E-state index >= 15 is 0 Å². The van der Waals surface area contributed by atoms with Crippen LogP contribution in [0.15, 0.2) is 47.4 Å². The Labute approximate surface area is 143 Å². The molecule has 1 N–H and O–H groups in total. The number of carbonyl (C=O) groups excluding carboxylic acids is 1. The van der Waals surface area contributed by atoms with Crippen molar-refractivity contribution in [3.05, 3.63) is 63.7 Å². The zero-order valence-corrected chi connectivity index (χ0v) is 13.9. The standard InChI is InChI=1S/C16H14N2O6S/c1-24-11-4-7-13-14(8-11)16(19)9-15(13)17-25(22,23)12-5-2-10(3-6-12)18(20)21/h2-8,15,17H,9H2,1H3. The Hall–Kier alpha value is -2.78. The molecular formula is C16H14N2O6S. The van der Waals surface area contributed by atoms with Crippen LogP contribution >= 0.6 is 0 Å². The molecule has 0 spiro atoms. The fourth-order valence-corrected chi connectivity index (χ4v) is 3.94. The second kappa shape index (κ2) is 6.26. The Morgan fingerprint density at radius 1 is 1.20 bits per heavy atom. The SMILES string of the molecule is COc1ccc2c(c1)C(=O)CC2NS(=O)(=O)c1ccc([N+](=O)[O-])cc1. The van der Waals surface area contributed by atoms with Gasteiger partial charge in [-0.3, -0.25) is 14.9 Å². The van der Waals surface area contributed by atoms with E-state index in [2.05, 4.69) is 4.72 Å². The first-order valence-corrected chi connectivity index (χ1v) is 8.78. The molecule has 1 unspecified atom stereocenters. The number of benzene rings is 2. The van der Waals surface area contributed by atoms with Crippen molar-refractivity contribution in [1.82, 2.24) is 4.72 Å². The molecule has 2 aromatic rings. The van der Waals surface area contributed by atoms with Gasteiger partial charge in [-0.25, -0.2) is 13.1 Å². The molecule has 1 aliphatic carbocycles. The predicted molar refractivity (Wildman–Crippen MR) is 88.1 cm³/mol. The number of non-ortho nitro benzene ring substituents is 1. The van der Waals surface area contributed by atoms with E-state index in [0.29, 0.717) is 16.9 Å². The molecule has 9 heteroatoms. The third-order valence-corrected chi connectivity index (χ3v) is 5.47. The van der Waals surface area contributed by atoms with E-state index < -0.39 is 21.0 Å². The lowest BCUT2D eigenvalue weighted by Crippen LogP contribution is -2.27. The Balaban J connectivity index is 1.87. The number of ketones is 1. The van der Waals surface area contributed by atoms with Crippen molar-refractivity contribution >= 4 is 21.5 Å². The van der Waals surface area contributed by atoms with Gasteiger partial charge in [0, 0.05) is 24.1 Å². The van der Waals surface area contributed by atoms with E-state index in [1.165, 1.54) is 7.11 Å². The monoisotopic (exact) mass is 362 g/mol. The molecule has 0 radical (unpaired) electrons. The van der Waals surface area contributed by atoms with Crippen LogP contribution < -0.4 is 9.46 Å². The Morgan fingerprint density at radius 3 is 2.48 bits per heavy atom. The van der Waals surface area contributed by atoms with Gasteiger partial charge in [0.15, 0.2) is 5.78 Å². The van der Waals surface area contributed by atoms with E-state index in [0.717, 1.165) is 24.3 Å². The number of hydrogen-bond donors (Lipinski definition) is 1. The Kier molecular flexibility index (Phi) is 4.27. The molecule has 0 aromatic heterocycles. The van der Waals surface area contributed by atoms with Crippen LogP contribution in [0.1, 0.15) is 28.4 Å². The van der Waals surface area contributed by atoms with Crippen molar-refractivity contribution in [3.63, 3.8) is 0 Å². The molecule has 0 saturated carbocycles. The minimum atomic E-state index is -3.92. The first-order chi connectivity index (χ1) is 11.8. The maximum absolute atomic E-state index is 12.5. The number of nitro groups is 1. The maximum atomic E-state index is 12.5. The summed E-state index contributed by atoms with van der Waals surface area (Å²) in [5.41, 5.74) is 0.805. The average Bonchev–Trinajstić information content (AvgIpc) is 2.89. The van der Waals surface area contributed by atoms with Crippen molar-refractivity contribution in [2.75, 3.05) is 7.11 Å². The highest BCUT2D eigenvalue weighted by molar-refractivity contribution is 7.89. The third-order valence-electron chi connectivity index (χ3n) is 3.98. The van der Waals surface area contributed by atoms with Crippen molar-refractivity contribution in [3.8, 4) is 5.75 Å². The van der Waals surface area contributed by atoms with E-state index in [1.54, 1.807) is 18.2 Å². The molecule has 8 nitrogen and oxygen atoms in total. The first kappa shape index (κ1) is 17.1. The van der Waals surface area contributed by atoms with Gasteiger partial charge in [0.25, 0.3) is 5.69 Å². The summed E-state index contributed by atoms with van der Waals surface area (Å²) in [6.07, 6.45) is 0.00864. The molecule has 0 saturated heterocycles. The lowest BCUT2D eigenvalue weighted by Gasteiger charge is -2.14. The molecular weight excluding hydrogens is 348 g/mol. The fraction of sp³-hybridized carbons (Fsp3) is 0.188. The molecule has 1 aliphatic rings. The van der Waals surface area contributed by atoms with Gasteiger partial charge in [-0.05, 0) is 29.8 Å². The van der Waals surface area contributed by atoms with Gasteiger partial charge in [0.1, 0.15) is 5.75 Å². The average molecular weight is 362 g/mol. The van der Waals surface area contributed by atoms with Gasteiger partial charge in [-0.1, -0.05) is 6.07 Å². The molecule has 25 heavy (non-hydrogen) atoms. The van der Waals surface area contributed by atoms with Crippen LogP contribution in [-0.2, 0) is 10.0 Å². The number of fused-ring (bicyclic) bond motifs is 1. The van der Waals surface area contributed by atoms with E-state index in [4.69, 9.17) is 4.74 Å². The zero-order valence-electron chi connectivity index (χ0n) is 13.1. The van der Waals surface area contributed by atoms with Gasteiger partial charge in [-0.15, -0.1) is 0 Å². The molecule has 0 amide bonds. The normalized spacial score (nSPS) is 16.5. The molecule has 3 rings (SSSR count). The number of nitrogens with zero attached hydrogens (tertiary/aromatic N) is 1. The molecule has 0 heterocycles. The fourth-order valence-electron chi connectivity index (χ4n) is 2.72. The van der Waals surface area contributed by atoms with Crippen LogP contribution in [0.5, 0.6) is 5.75 Å². The number of sulfonamides is 1. The minimum Gasteiger partial charge on any atom is -0.497 e. The van der Waals surface area contributed by atoms with Crippen LogP contribution in [0.25, 0.3) is 0 Å². The van der Waals surface area contributed by atoms with Crippen LogP contribution in [0.3, 0.4) is 0 Å². The summed E-state index contributed by atoms with van der Waals surface area (Å²) in [6, 6.07) is 8.76. The Morgan fingerprint density at radius 2 is 1.88 bits per heavy atom. The van der Waals surface area contributed by atoms with Crippen molar-refractivity contribution in [2.24, 2.45) is 0 Å². The van der Waals surface area contributed by atoms with Gasteiger partial charge < -0.3 is 4.74 Å². The lowest BCUT2D eigenvalue weighted by atomic mass is 10.1. The number of rotatable bonds is 5. The summed E-state index contributed by atoms with van der Waals surface area (Å²) < 4.78 is 32.5. The highest BCUT2D eigenvalue weighted by Crippen LogP contribution is 2.34. The highest BCUT2D eigenvalue weighted by atomic mass is 32.2. The molecule has 0 fully saturated rings. The smallest absolute Gasteiger partial charge is 0.269 e. The molecule has 0 aliphatic heterocycles. The topological polar surface area (TPSA) is 116 Å². The number of carbonyl (C=O) groups is 1. The van der Waals surface area contributed by atoms with Crippen LogP contribution in [0.4, 0.5) is 5.69 Å². The van der Waals surface area contributed by atoms with E-state index in [1.807, 2.05) is 0 Å². The first-order valence-electron chi connectivity index (χ1n) is 7.30. The van der Waals surface area contributed by atoms with Crippen LogP contribution in [0, 0.1) is 10.1 Å². The lowest BCUT2D eigenvalue weighted by molar-refractivity contribution is -0.384. The summed E-state index contributed by atoms with van der Waals surface area (Å²) in [5.74, 6) is 0.344. The summed E-state index contributed by atoms with van der Waals surface area (Å²) >= 11 is 0. The van der Waals surface area contributed by atoms with Crippen molar-refractivity contribution in [1.29, 1.82) is 0 Å². The van der Waals surface area contributed by atoms with Gasteiger partial charge in [0.05, 0.1) is 23.0 Å². The number of nitrogens with one attached hydrogen (secondary N) is 1. The largest absolute Gasteiger partial charge is 0.497 e. The number of methoxy groups -OCH3 is 1. The molecule has 1 atom stereocenters. The van der Waals surface area contributed by atoms with Crippen LogP contribution in [-0.4, -0.2) is 26.2 Å². The molecule has 2 aromatic carbocycles. The number of Topliss-reactive ketones (excluding diaryl/α,β-unsaturated/α-hetero) is 1. The number of ether oxygens (including phenoxy) is 1. The van der Waals surface area contributed by atoms with E-state index in [9.17, 15) is 23.3 Å². The summed E-state index contributed by atoms with van der Waals surface area (Å²) in [5, 5.41) is 10.7. The summed E-state index contributed by atoms with van der Waals surface area (Å²) in [4.78, 5) is 22.1. The Bertz CT molecular complexity index is 953. The van der Waals surface area contributed by atoms with Crippen molar-refractivity contribution < 1.29 is 22.9 Å². The maximum Gasteiger partial charge on any atom is 0.269 e. The van der Waals surface area contributed by atoms with Gasteiger partial charge >= 0.3 is 0 Å². The third kappa shape index (κ3) is 3.24. The van der Waals surface area contributed by atoms with Gasteiger partial charge in [-0.2, -0.15) is 0 Å². The van der Waals surface area contributed by atoms with Crippen LogP contribution in [0.2, 0.25) is 0 Å². The number of hydrogen-bond acceptors (Lipinski definition) is 6. The second-order valence-corrected chi connectivity index (χ2v) is 7.22. The molecule has 130 valence electrons. The van der Waals surface area contributed by atoms with Crippen molar-refractivity contribution in [2.45, 2.75) is 17.4 Å².